The molecular formula is C23H26N5O3PS. The molecule has 4 rings (SSSR count). The van der Waals surface area contributed by atoms with Crippen molar-refractivity contribution in [2.24, 2.45) is 0 Å². The summed E-state index contributed by atoms with van der Waals surface area (Å²) in [5, 5.41) is 18.5. The number of hydrogen-bond acceptors (Lipinski definition) is 6. The maximum atomic E-state index is 12.6. The highest BCUT2D eigenvalue weighted by atomic mass is 32.2. The van der Waals surface area contributed by atoms with E-state index in [1.807, 2.05) is 43.5 Å². The van der Waals surface area contributed by atoms with Crippen LogP contribution in [-0.2, 0) is 10.0 Å². The summed E-state index contributed by atoms with van der Waals surface area (Å²) in [7, 11) is -3.20. The minimum Gasteiger partial charge on any atom is -0.508 e. The Morgan fingerprint density at radius 3 is 2.61 bits per heavy atom. The van der Waals surface area contributed by atoms with Crippen LogP contribution in [0.15, 0.2) is 59.6 Å². The van der Waals surface area contributed by atoms with Gasteiger partial charge in [0, 0.05) is 30.0 Å². The highest BCUT2D eigenvalue weighted by Crippen LogP contribution is 2.25. The Hall–Kier alpha value is -3.00. The Balaban J connectivity index is 1.56. The maximum absolute atomic E-state index is 12.6. The van der Waals surface area contributed by atoms with Gasteiger partial charge in [0.2, 0.25) is 10.0 Å². The molecule has 2 aromatic carbocycles. The SMILES string of the molecule is CPc1cnn2c(NCCNS(=O)(=O)c3cc(C)cc(O)c3)cc(-c3ccccc3C)nc12. The summed E-state index contributed by atoms with van der Waals surface area (Å²) >= 11 is 0. The van der Waals surface area contributed by atoms with Gasteiger partial charge in [0.1, 0.15) is 11.6 Å². The number of hydrogen-bond donors (Lipinski definition) is 3. The van der Waals surface area contributed by atoms with Crippen molar-refractivity contribution < 1.29 is 13.5 Å². The molecule has 2 aromatic heterocycles. The second-order valence-electron chi connectivity index (χ2n) is 7.71. The Bertz CT molecular complexity index is 1400. The number of aromatic nitrogens is 3. The van der Waals surface area contributed by atoms with Crippen molar-refractivity contribution >= 4 is 35.4 Å². The molecule has 0 aliphatic rings. The van der Waals surface area contributed by atoms with Gasteiger partial charge in [0.15, 0.2) is 5.65 Å². The second kappa shape index (κ2) is 9.47. The first-order chi connectivity index (χ1) is 15.8. The number of phenolic OH excluding ortho intramolecular Hbond substituents is 1. The van der Waals surface area contributed by atoms with E-state index in [4.69, 9.17) is 4.98 Å². The summed E-state index contributed by atoms with van der Waals surface area (Å²) in [4.78, 5) is 4.89. The van der Waals surface area contributed by atoms with Gasteiger partial charge in [-0.25, -0.2) is 18.1 Å². The smallest absolute Gasteiger partial charge is 0.240 e. The van der Waals surface area contributed by atoms with Crippen molar-refractivity contribution in [3.05, 3.63) is 65.9 Å². The summed E-state index contributed by atoms with van der Waals surface area (Å²) in [6.07, 6.45) is 1.82. The number of aromatic hydroxyl groups is 1. The zero-order valence-corrected chi connectivity index (χ0v) is 20.4. The molecule has 0 saturated heterocycles. The lowest BCUT2D eigenvalue weighted by Gasteiger charge is -2.13. The summed E-state index contributed by atoms with van der Waals surface area (Å²) in [6, 6.07) is 14.3. The van der Waals surface area contributed by atoms with E-state index < -0.39 is 10.0 Å². The summed E-state index contributed by atoms with van der Waals surface area (Å²) in [5.41, 5.74) is 4.44. The highest BCUT2D eigenvalue weighted by Gasteiger charge is 2.16. The van der Waals surface area contributed by atoms with Gasteiger partial charge in [-0.1, -0.05) is 32.8 Å². The first kappa shape index (κ1) is 23.2. The van der Waals surface area contributed by atoms with E-state index >= 15 is 0 Å². The first-order valence-corrected chi connectivity index (χ1v) is 13.4. The average Bonchev–Trinajstić information content (AvgIpc) is 3.19. The van der Waals surface area contributed by atoms with Crippen LogP contribution in [0.3, 0.4) is 0 Å². The van der Waals surface area contributed by atoms with Gasteiger partial charge in [0.05, 0.1) is 16.8 Å². The molecule has 10 heteroatoms. The van der Waals surface area contributed by atoms with Crippen molar-refractivity contribution in [1.82, 2.24) is 19.3 Å². The van der Waals surface area contributed by atoms with Gasteiger partial charge in [-0.05, 0) is 49.8 Å². The minimum atomic E-state index is -3.74. The zero-order chi connectivity index (χ0) is 23.6. The van der Waals surface area contributed by atoms with Crippen molar-refractivity contribution in [1.29, 1.82) is 0 Å². The van der Waals surface area contributed by atoms with E-state index in [1.54, 1.807) is 11.4 Å². The maximum Gasteiger partial charge on any atom is 0.240 e. The number of fused-ring (bicyclic) bond motifs is 1. The van der Waals surface area contributed by atoms with Crippen LogP contribution in [0.2, 0.25) is 0 Å². The van der Waals surface area contributed by atoms with Gasteiger partial charge >= 0.3 is 0 Å². The lowest BCUT2D eigenvalue weighted by atomic mass is 10.1. The zero-order valence-electron chi connectivity index (χ0n) is 18.6. The highest BCUT2D eigenvalue weighted by molar-refractivity contribution is 7.89. The van der Waals surface area contributed by atoms with Crippen LogP contribution in [-0.4, -0.2) is 47.9 Å². The number of sulfonamides is 1. The van der Waals surface area contributed by atoms with E-state index in [9.17, 15) is 13.5 Å². The predicted octanol–water partition coefficient (Wildman–Crippen LogP) is 3.04. The molecule has 3 N–H and O–H groups in total. The Morgan fingerprint density at radius 1 is 1.09 bits per heavy atom. The molecule has 172 valence electrons. The van der Waals surface area contributed by atoms with Crippen LogP contribution in [0.5, 0.6) is 5.75 Å². The van der Waals surface area contributed by atoms with Crippen molar-refractivity contribution in [2.45, 2.75) is 18.7 Å². The largest absolute Gasteiger partial charge is 0.508 e. The molecule has 0 amide bonds. The monoisotopic (exact) mass is 483 g/mol. The van der Waals surface area contributed by atoms with E-state index in [-0.39, 0.29) is 17.2 Å². The summed E-state index contributed by atoms with van der Waals surface area (Å²) < 4.78 is 29.5. The van der Waals surface area contributed by atoms with Gasteiger partial charge < -0.3 is 10.4 Å². The van der Waals surface area contributed by atoms with Crippen LogP contribution in [0, 0.1) is 13.8 Å². The number of rotatable bonds is 8. The number of nitrogens with zero attached hydrogens (tertiary/aromatic N) is 3. The average molecular weight is 484 g/mol. The van der Waals surface area contributed by atoms with E-state index in [0.717, 1.165) is 33.6 Å². The first-order valence-electron chi connectivity index (χ1n) is 10.5. The number of aryl methyl sites for hydroxylation is 2. The molecule has 0 fully saturated rings. The molecule has 0 spiro atoms. The van der Waals surface area contributed by atoms with Gasteiger partial charge in [-0.2, -0.15) is 9.61 Å². The third-order valence-corrected chi connectivity index (χ3v) is 7.56. The molecule has 0 radical (unpaired) electrons. The Labute approximate surface area is 194 Å². The molecule has 0 aliphatic carbocycles. The van der Waals surface area contributed by atoms with E-state index in [2.05, 4.69) is 21.8 Å². The van der Waals surface area contributed by atoms with Gasteiger partial charge in [0.25, 0.3) is 0 Å². The van der Waals surface area contributed by atoms with Crippen LogP contribution >= 0.6 is 8.58 Å². The molecule has 33 heavy (non-hydrogen) atoms. The third kappa shape index (κ3) is 5.00. The summed E-state index contributed by atoms with van der Waals surface area (Å²) in [5.74, 6) is 0.651. The number of anilines is 1. The minimum absolute atomic E-state index is 0.0359. The van der Waals surface area contributed by atoms with Crippen LogP contribution < -0.4 is 15.3 Å². The molecule has 1 unspecified atom stereocenters. The van der Waals surface area contributed by atoms with Crippen molar-refractivity contribution in [2.75, 3.05) is 25.1 Å². The number of phenols is 1. The molecule has 1 atom stereocenters. The van der Waals surface area contributed by atoms with Crippen LogP contribution in [0.1, 0.15) is 11.1 Å². The molecular weight excluding hydrogens is 457 g/mol. The summed E-state index contributed by atoms with van der Waals surface area (Å²) in [6.45, 7) is 6.36. The third-order valence-electron chi connectivity index (χ3n) is 5.23. The Kier molecular flexibility index (Phi) is 6.65. The molecule has 2 heterocycles. The second-order valence-corrected chi connectivity index (χ2v) is 10.5. The topological polar surface area (TPSA) is 109 Å². The molecule has 8 nitrogen and oxygen atoms in total. The quantitative estimate of drug-likeness (QED) is 0.263. The van der Waals surface area contributed by atoms with E-state index in [0.29, 0.717) is 20.7 Å². The molecule has 0 saturated carbocycles. The lowest BCUT2D eigenvalue weighted by molar-refractivity contribution is 0.472. The molecule has 4 aromatic rings. The number of nitrogens with one attached hydrogen (secondary N) is 2. The van der Waals surface area contributed by atoms with Crippen LogP contribution in [0.4, 0.5) is 5.82 Å². The standard InChI is InChI=1S/C23H26N5O3PS/c1-15-10-17(29)12-18(11-15)33(30,31)26-9-8-24-22-13-20(19-7-5-4-6-16(19)2)27-23-21(32-3)14-25-28(22)23/h4-7,10-14,24,26,29,32H,8-9H2,1-3H3. The Morgan fingerprint density at radius 2 is 1.88 bits per heavy atom. The predicted molar refractivity (Wildman–Crippen MR) is 134 cm³/mol. The van der Waals surface area contributed by atoms with E-state index in [1.165, 1.54) is 18.2 Å². The fourth-order valence-electron chi connectivity index (χ4n) is 3.61. The van der Waals surface area contributed by atoms with Gasteiger partial charge in [-0.15, -0.1) is 0 Å². The van der Waals surface area contributed by atoms with Crippen LogP contribution in [0.25, 0.3) is 16.9 Å². The van der Waals surface area contributed by atoms with Crippen molar-refractivity contribution in [3.8, 4) is 17.0 Å². The molecule has 0 aliphatic heterocycles. The molecule has 0 bridgehead atoms. The normalized spacial score (nSPS) is 12.1. The fraction of sp³-hybridized carbons (Fsp3) is 0.217. The van der Waals surface area contributed by atoms with Crippen molar-refractivity contribution in [3.63, 3.8) is 0 Å². The van der Waals surface area contributed by atoms with Gasteiger partial charge in [-0.3, -0.25) is 0 Å². The fourth-order valence-corrected chi connectivity index (χ4v) is 5.33. The number of benzene rings is 2. The lowest BCUT2D eigenvalue weighted by Crippen LogP contribution is -2.29.